The van der Waals surface area contributed by atoms with Crippen LogP contribution in [0.25, 0.3) is 17.1 Å². The van der Waals surface area contributed by atoms with E-state index < -0.39 is 0 Å². The highest BCUT2D eigenvalue weighted by atomic mass is 35.5. The van der Waals surface area contributed by atoms with E-state index in [9.17, 15) is 4.79 Å². The van der Waals surface area contributed by atoms with Gasteiger partial charge in [0.15, 0.2) is 22.5 Å². The van der Waals surface area contributed by atoms with E-state index in [-0.39, 0.29) is 11.7 Å². The third kappa shape index (κ3) is 6.22. The first-order valence-electron chi connectivity index (χ1n) is 11.1. The highest BCUT2D eigenvalue weighted by molar-refractivity contribution is 7.99. The first-order chi connectivity index (χ1) is 18.0. The average Bonchev–Trinajstić information content (AvgIpc) is 3.35. The van der Waals surface area contributed by atoms with Gasteiger partial charge in [0.1, 0.15) is 0 Å². The fraction of sp³-hybridized carbons (Fsp3) is 0.154. The van der Waals surface area contributed by atoms with E-state index in [1.807, 2.05) is 47.0 Å². The zero-order valence-corrected chi connectivity index (χ0v) is 21.9. The van der Waals surface area contributed by atoms with Gasteiger partial charge in [-0.15, -0.1) is 10.2 Å². The molecule has 0 spiro atoms. The van der Waals surface area contributed by atoms with Crippen LogP contribution in [0.4, 0.5) is 0 Å². The van der Waals surface area contributed by atoms with Crippen LogP contribution in [0, 0.1) is 0 Å². The van der Waals surface area contributed by atoms with Crippen LogP contribution in [0.2, 0.25) is 5.02 Å². The summed E-state index contributed by atoms with van der Waals surface area (Å²) in [5.41, 5.74) is 4.83. The second-order valence-corrected chi connectivity index (χ2v) is 8.91. The molecule has 0 aliphatic rings. The number of hydrogen-bond acceptors (Lipinski definition) is 8. The van der Waals surface area contributed by atoms with Crippen molar-refractivity contribution in [3.8, 4) is 34.3 Å². The number of halogens is 1. The Kier molecular flexibility index (Phi) is 8.65. The summed E-state index contributed by atoms with van der Waals surface area (Å²) in [5.74, 6) is 1.79. The van der Waals surface area contributed by atoms with Crippen molar-refractivity contribution >= 4 is 35.5 Å². The normalized spacial score (nSPS) is 10.9. The minimum atomic E-state index is -0.291. The molecule has 0 saturated heterocycles. The maximum Gasteiger partial charge on any atom is 0.250 e. The second kappa shape index (κ2) is 12.3. The minimum absolute atomic E-state index is 0.0765. The summed E-state index contributed by atoms with van der Waals surface area (Å²) < 4.78 is 18.3. The number of carbonyl (C=O) groups is 1. The summed E-state index contributed by atoms with van der Waals surface area (Å²) in [7, 11) is 4.65. The number of benzene rings is 3. The van der Waals surface area contributed by atoms with Crippen molar-refractivity contribution in [2.75, 3.05) is 27.1 Å². The standard InChI is InChI=1S/C26H24ClN5O4S/c1-34-21-13-18(14-22(35-2)24(21)36-3)25-30-31-26(32(25)20-10-5-4-6-11-20)37-16-23(33)29-28-15-17-8-7-9-19(27)12-17/h4-15H,16H2,1-3H3,(H,29,33)/b28-15+. The summed E-state index contributed by atoms with van der Waals surface area (Å²) in [5, 5.41) is 13.9. The number of carbonyl (C=O) groups excluding carboxylic acids is 1. The Morgan fingerprint density at radius 1 is 1.00 bits per heavy atom. The van der Waals surface area contributed by atoms with Crippen LogP contribution in [0.1, 0.15) is 5.56 Å². The Bertz CT molecular complexity index is 1390. The first-order valence-corrected chi connectivity index (χ1v) is 12.4. The summed E-state index contributed by atoms with van der Waals surface area (Å²) in [6, 6.07) is 20.4. The summed E-state index contributed by atoms with van der Waals surface area (Å²) in [6.07, 6.45) is 1.53. The Morgan fingerprint density at radius 2 is 1.73 bits per heavy atom. The van der Waals surface area contributed by atoms with Crippen molar-refractivity contribution in [2.45, 2.75) is 5.16 Å². The van der Waals surface area contributed by atoms with E-state index in [0.29, 0.717) is 38.8 Å². The molecule has 4 rings (SSSR count). The third-order valence-electron chi connectivity index (χ3n) is 5.15. The van der Waals surface area contributed by atoms with Crippen molar-refractivity contribution in [1.82, 2.24) is 20.2 Å². The van der Waals surface area contributed by atoms with Crippen molar-refractivity contribution in [2.24, 2.45) is 5.10 Å². The number of hydrogen-bond donors (Lipinski definition) is 1. The van der Waals surface area contributed by atoms with Gasteiger partial charge in [0, 0.05) is 16.3 Å². The van der Waals surface area contributed by atoms with Gasteiger partial charge in [0.25, 0.3) is 5.91 Å². The number of thioether (sulfide) groups is 1. The monoisotopic (exact) mass is 537 g/mol. The van der Waals surface area contributed by atoms with E-state index in [1.54, 1.807) is 45.6 Å². The smallest absolute Gasteiger partial charge is 0.250 e. The molecule has 0 unspecified atom stereocenters. The fourth-order valence-electron chi connectivity index (χ4n) is 3.50. The van der Waals surface area contributed by atoms with E-state index in [2.05, 4.69) is 20.7 Å². The quantitative estimate of drug-likeness (QED) is 0.175. The molecule has 0 saturated carbocycles. The lowest BCUT2D eigenvalue weighted by Crippen LogP contribution is -2.20. The van der Waals surface area contributed by atoms with Gasteiger partial charge < -0.3 is 14.2 Å². The molecule has 11 heteroatoms. The lowest BCUT2D eigenvalue weighted by atomic mass is 10.1. The van der Waals surface area contributed by atoms with Crippen LogP contribution in [0.15, 0.2) is 77.0 Å². The molecule has 4 aromatic rings. The third-order valence-corrected chi connectivity index (χ3v) is 6.32. The van der Waals surface area contributed by atoms with Gasteiger partial charge in [-0.3, -0.25) is 9.36 Å². The van der Waals surface area contributed by atoms with Crippen molar-refractivity contribution in [3.05, 3.63) is 77.3 Å². The SMILES string of the molecule is COc1cc(-c2nnc(SCC(=O)N/N=C/c3cccc(Cl)c3)n2-c2ccccc2)cc(OC)c1OC. The maximum atomic E-state index is 12.5. The molecular weight excluding hydrogens is 514 g/mol. The number of methoxy groups -OCH3 is 3. The number of amides is 1. The molecule has 0 atom stereocenters. The van der Waals surface area contributed by atoms with Crippen LogP contribution in [0.3, 0.4) is 0 Å². The molecule has 1 heterocycles. The van der Waals surface area contributed by atoms with E-state index in [0.717, 1.165) is 11.3 Å². The molecule has 1 N–H and O–H groups in total. The first kappa shape index (κ1) is 26.1. The van der Waals surface area contributed by atoms with Gasteiger partial charge in [0.2, 0.25) is 5.75 Å². The van der Waals surface area contributed by atoms with E-state index in [1.165, 1.54) is 18.0 Å². The molecule has 9 nitrogen and oxygen atoms in total. The number of para-hydroxylation sites is 1. The largest absolute Gasteiger partial charge is 0.493 e. The van der Waals surface area contributed by atoms with Gasteiger partial charge in [0.05, 0.1) is 33.3 Å². The van der Waals surface area contributed by atoms with Crippen molar-refractivity contribution in [1.29, 1.82) is 0 Å². The summed E-state index contributed by atoms with van der Waals surface area (Å²) in [6.45, 7) is 0. The Morgan fingerprint density at radius 3 is 2.38 bits per heavy atom. The topological polar surface area (TPSA) is 99.9 Å². The Balaban J connectivity index is 1.59. The molecular formula is C26H24ClN5O4S. The van der Waals surface area contributed by atoms with Gasteiger partial charge in [-0.25, -0.2) is 5.43 Å². The lowest BCUT2D eigenvalue weighted by molar-refractivity contribution is -0.118. The molecule has 0 radical (unpaired) electrons. The molecule has 190 valence electrons. The van der Waals surface area contributed by atoms with Gasteiger partial charge >= 0.3 is 0 Å². The molecule has 1 aromatic heterocycles. The summed E-state index contributed by atoms with van der Waals surface area (Å²) >= 11 is 7.21. The van der Waals surface area contributed by atoms with Crippen LogP contribution in [-0.2, 0) is 4.79 Å². The van der Waals surface area contributed by atoms with Gasteiger partial charge in [-0.1, -0.05) is 53.7 Å². The van der Waals surface area contributed by atoms with Crippen molar-refractivity contribution in [3.63, 3.8) is 0 Å². The molecule has 3 aromatic carbocycles. The highest BCUT2D eigenvalue weighted by Gasteiger charge is 2.21. The number of rotatable bonds is 10. The maximum absolute atomic E-state index is 12.5. The number of aromatic nitrogens is 3. The van der Waals surface area contributed by atoms with E-state index >= 15 is 0 Å². The number of nitrogens with zero attached hydrogens (tertiary/aromatic N) is 4. The van der Waals surface area contributed by atoms with Crippen LogP contribution < -0.4 is 19.6 Å². The zero-order chi connectivity index (χ0) is 26.2. The molecule has 0 aliphatic heterocycles. The molecule has 37 heavy (non-hydrogen) atoms. The van der Waals surface area contributed by atoms with Crippen LogP contribution in [-0.4, -0.2) is 54.0 Å². The van der Waals surface area contributed by atoms with Crippen molar-refractivity contribution < 1.29 is 19.0 Å². The van der Waals surface area contributed by atoms with E-state index in [4.69, 9.17) is 25.8 Å². The molecule has 0 aliphatic carbocycles. The van der Waals surface area contributed by atoms with Crippen LogP contribution in [0.5, 0.6) is 17.2 Å². The number of hydrazone groups is 1. The average molecular weight is 538 g/mol. The van der Waals surface area contributed by atoms with Gasteiger partial charge in [-0.05, 0) is 42.0 Å². The summed E-state index contributed by atoms with van der Waals surface area (Å²) in [4.78, 5) is 12.5. The van der Waals surface area contributed by atoms with Gasteiger partial charge in [-0.2, -0.15) is 5.10 Å². The lowest BCUT2D eigenvalue weighted by Gasteiger charge is -2.15. The molecule has 0 fully saturated rings. The second-order valence-electron chi connectivity index (χ2n) is 7.53. The molecule has 1 amide bonds. The number of ether oxygens (including phenoxy) is 3. The Labute approximate surface area is 223 Å². The fourth-order valence-corrected chi connectivity index (χ4v) is 4.44. The zero-order valence-electron chi connectivity index (χ0n) is 20.3. The predicted octanol–water partition coefficient (Wildman–Crippen LogP) is 4.86. The number of nitrogens with one attached hydrogen (secondary N) is 1. The Hall–Kier alpha value is -4.02. The highest BCUT2D eigenvalue weighted by Crippen LogP contribution is 2.41. The minimum Gasteiger partial charge on any atom is -0.493 e. The predicted molar refractivity (Wildman–Crippen MR) is 144 cm³/mol. The molecule has 0 bridgehead atoms. The van der Waals surface area contributed by atoms with Crippen LogP contribution >= 0.6 is 23.4 Å².